The number of methoxy groups -OCH3 is 1. The van der Waals surface area contributed by atoms with Crippen LogP contribution in [-0.4, -0.2) is 26.9 Å². The quantitative estimate of drug-likeness (QED) is 0.850. The third-order valence-electron chi connectivity index (χ3n) is 3.35. The first-order valence-corrected chi connectivity index (χ1v) is 6.24. The molecule has 1 aromatic carbocycles. The largest absolute Gasteiger partial charge is 0.497 e. The van der Waals surface area contributed by atoms with Crippen molar-refractivity contribution in [2.45, 2.75) is 19.4 Å². The van der Waals surface area contributed by atoms with Gasteiger partial charge in [0.25, 0.3) is 0 Å². The standard InChI is InChI=1S/C14H21NO2/c1-11(15-9-12-7-8-17-10-12)13-3-5-14(16-2)6-4-13/h3-6,11-12,15H,7-10H2,1-2H3/t11-,12?/m1/s1. The molecule has 94 valence electrons. The highest BCUT2D eigenvalue weighted by molar-refractivity contribution is 5.28. The lowest BCUT2D eigenvalue weighted by Gasteiger charge is -2.17. The summed E-state index contributed by atoms with van der Waals surface area (Å²) in [7, 11) is 1.69. The molecule has 1 aromatic rings. The van der Waals surface area contributed by atoms with Gasteiger partial charge in [0.1, 0.15) is 5.75 Å². The minimum absolute atomic E-state index is 0.376. The van der Waals surface area contributed by atoms with Crippen molar-refractivity contribution >= 4 is 0 Å². The van der Waals surface area contributed by atoms with Crippen LogP contribution in [0.25, 0.3) is 0 Å². The van der Waals surface area contributed by atoms with Crippen molar-refractivity contribution in [3.8, 4) is 5.75 Å². The minimum atomic E-state index is 0.376. The Morgan fingerprint density at radius 1 is 1.41 bits per heavy atom. The van der Waals surface area contributed by atoms with E-state index in [1.54, 1.807) is 7.11 Å². The second-order valence-corrected chi connectivity index (χ2v) is 4.63. The molecule has 2 atom stereocenters. The highest BCUT2D eigenvalue weighted by Crippen LogP contribution is 2.18. The van der Waals surface area contributed by atoms with Crippen molar-refractivity contribution in [3.05, 3.63) is 29.8 Å². The molecule has 1 N–H and O–H groups in total. The van der Waals surface area contributed by atoms with Crippen molar-refractivity contribution in [1.82, 2.24) is 5.32 Å². The summed E-state index contributed by atoms with van der Waals surface area (Å²) in [5, 5.41) is 3.56. The lowest BCUT2D eigenvalue weighted by atomic mass is 10.1. The lowest BCUT2D eigenvalue weighted by molar-refractivity contribution is 0.184. The molecular formula is C14H21NO2. The summed E-state index contributed by atoms with van der Waals surface area (Å²) in [4.78, 5) is 0. The molecule has 0 spiro atoms. The first kappa shape index (κ1) is 12.4. The van der Waals surface area contributed by atoms with E-state index in [1.165, 1.54) is 12.0 Å². The number of hydrogen-bond acceptors (Lipinski definition) is 3. The molecule has 0 radical (unpaired) electrons. The number of hydrogen-bond donors (Lipinski definition) is 1. The molecule has 17 heavy (non-hydrogen) atoms. The SMILES string of the molecule is COc1ccc([C@@H](C)NCC2CCOC2)cc1. The van der Waals surface area contributed by atoms with Crippen molar-refractivity contribution in [2.75, 3.05) is 26.9 Å². The van der Waals surface area contributed by atoms with Crippen LogP contribution < -0.4 is 10.1 Å². The van der Waals surface area contributed by atoms with Crippen molar-refractivity contribution in [3.63, 3.8) is 0 Å². The smallest absolute Gasteiger partial charge is 0.118 e. The van der Waals surface area contributed by atoms with Crippen LogP contribution in [0.2, 0.25) is 0 Å². The lowest BCUT2D eigenvalue weighted by Crippen LogP contribution is -2.25. The number of nitrogens with one attached hydrogen (secondary N) is 1. The minimum Gasteiger partial charge on any atom is -0.497 e. The van der Waals surface area contributed by atoms with Gasteiger partial charge in [0.15, 0.2) is 0 Å². The zero-order chi connectivity index (χ0) is 12.1. The van der Waals surface area contributed by atoms with Crippen molar-refractivity contribution in [1.29, 1.82) is 0 Å². The molecule has 1 fully saturated rings. The molecule has 1 unspecified atom stereocenters. The van der Waals surface area contributed by atoms with Gasteiger partial charge in [-0.2, -0.15) is 0 Å². The van der Waals surface area contributed by atoms with Crippen molar-refractivity contribution < 1.29 is 9.47 Å². The van der Waals surface area contributed by atoms with E-state index in [2.05, 4.69) is 24.4 Å². The van der Waals surface area contributed by atoms with E-state index in [0.29, 0.717) is 12.0 Å². The van der Waals surface area contributed by atoms with E-state index >= 15 is 0 Å². The Morgan fingerprint density at radius 2 is 2.18 bits per heavy atom. The summed E-state index contributed by atoms with van der Waals surface area (Å²) in [6.45, 7) is 5.05. The Morgan fingerprint density at radius 3 is 2.76 bits per heavy atom. The van der Waals surface area contributed by atoms with Crippen LogP contribution in [0.5, 0.6) is 5.75 Å². The fraction of sp³-hybridized carbons (Fsp3) is 0.571. The van der Waals surface area contributed by atoms with Crippen molar-refractivity contribution in [2.24, 2.45) is 5.92 Å². The fourth-order valence-electron chi connectivity index (χ4n) is 2.10. The maximum absolute atomic E-state index is 5.37. The third-order valence-corrected chi connectivity index (χ3v) is 3.35. The number of benzene rings is 1. The van der Waals surface area contributed by atoms with Crippen LogP contribution in [0.4, 0.5) is 0 Å². The first-order chi connectivity index (χ1) is 8.29. The van der Waals surface area contributed by atoms with Gasteiger partial charge in [-0.15, -0.1) is 0 Å². The van der Waals surface area contributed by atoms with Gasteiger partial charge in [-0.1, -0.05) is 12.1 Å². The van der Waals surface area contributed by atoms with E-state index in [0.717, 1.165) is 25.5 Å². The molecule has 3 heteroatoms. The van der Waals surface area contributed by atoms with Crippen LogP contribution in [0.3, 0.4) is 0 Å². The van der Waals surface area contributed by atoms with Gasteiger partial charge in [-0.05, 0) is 37.0 Å². The van der Waals surface area contributed by atoms with Crippen LogP contribution in [0, 0.1) is 5.92 Å². The second kappa shape index (κ2) is 6.03. The zero-order valence-electron chi connectivity index (χ0n) is 10.6. The fourth-order valence-corrected chi connectivity index (χ4v) is 2.10. The molecular weight excluding hydrogens is 214 g/mol. The molecule has 1 heterocycles. The Labute approximate surface area is 103 Å². The summed E-state index contributed by atoms with van der Waals surface area (Å²) >= 11 is 0. The van der Waals surface area contributed by atoms with Gasteiger partial charge in [-0.25, -0.2) is 0 Å². The maximum Gasteiger partial charge on any atom is 0.118 e. The maximum atomic E-state index is 5.37. The zero-order valence-corrected chi connectivity index (χ0v) is 10.6. The predicted octanol–water partition coefficient (Wildman–Crippen LogP) is 2.38. The summed E-state index contributed by atoms with van der Waals surface area (Å²) in [6.07, 6.45) is 1.18. The van der Waals surface area contributed by atoms with Crippen LogP contribution in [0.15, 0.2) is 24.3 Å². The Balaban J connectivity index is 1.83. The number of ether oxygens (including phenoxy) is 2. The Kier molecular flexibility index (Phi) is 4.40. The topological polar surface area (TPSA) is 30.5 Å². The molecule has 0 aromatic heterocycles. The average molecular weight is 235 g/mol. The van der Waals surface area contributed by atoms with Gasteiger partial charge in [0.2, 0.25) is 0 Å². The Hall–Kier alpha value is -1.06. The Bertz CT molecular complexity index is 331. The molecule has 0 aliphatic carbocycles. The highest BCUT2D eigenvalue weighted by atomic mass is 16.5. The van der Waals surface area contributed by atoms with Gasteiger partial charge >= 0.3 is 0 Å². The summed E-state index contributed by atoms with van der Waals surface area (Å²) in [5.74, 6) is 1.58. The molecule has 3 nitrogen and oxygen atoms in total. The van der Waals surface area contributed by atoms with E-state index in [9.17, 15) is 0 Å². The van der Waals surface area contributed by atoms with Crippen LogP contribution in [0.1, 0.15) is 24.9 Å². The van der Waals surface area contributed by atoms with E-state index in [1.807, 2.05) is 12.1 Å². The van der Waals surface area contributed by atoms with E-state index in [-0.39, 0.29) is 0 Å². The first-order valence-electron chi connectivity index (χ1n) is 6.24. The van der Waals surface area contributed by atoms with Gasteiger partial charge in [0.05, 0.1) is 13.7 Å². The van der Waals surface area contributed by atoms with E-state index < -0.39 is 0 Å². The third kappa shape index (κ3) is 3.45. The van der Waals surface area contributed by atoms with Crippen LogP contribution >= 0.6 is 0 Å². The molecule has 2 rings (SSSR count). The predicted molar refractivity (Wildman–Crippen MR) is 68.3 cm³/mol. The van der Waals surface area contributed by atoms with Crippen LogP contribution in [-0.2, 0) is 4.74 Å². The normalized spacial score (nSPS) is 21.4. The summed E-state index contributed by atoms with van der Waals surface area (Å²) in [5.41, 5.74) is 1.30. The van der Waals surface area contributed by atoms with Gasteiger partial charge in [-0.3, -0.25) is 0 Å². The molecule has 0 amide bonds. The monoisotopic (exact) mass is 235 g/mol. The van der Waals surface area contributed by atoms with Gasteiger partial charge < -0.3 is 14.8 Å². The highest BCUT2D eigenvalue weighted by Gasteiger charge is 2.16. The second-order valence-electron chi connectivity index (χ2n) is 4.63. The number of rotatable bonds is 5. The summed E-state index contributed by atoms with van der Waals surface area (Å²) in [6, 6.07) is 8.61. The molecule has 1 aliphatic heterocycles. The molecule has 1 saturated heterocycles. The van der Waals surface area contributed by atoms with Gasteiger partial charge in [0, 0.05) is 19.2 Å². The molecule has 1 aliphatic rings. The van der Waals surface area contributed by atoms with E-state index in [4.69, 9.17) is 9.47 Å². The molecule has 0 bridgehead atoms. The summed E-state index contributed by atoms with van der Waals surface area (Å²) < 4.78 is 10.5. The molecule has 0 saturated carbocycles. The average Bonchev–Trinajstić information content (AvgIpc) is 2.89.